The molecule has 0 heterocycles. The van der Waals surface area contributed by atoms with Crippen molar-refractivity contribution in [2.24, 2.45) is 16.3 Å². The molecule has 0 aliphatic rings. The molecule has 0 aromatic heterocycles. The normalized spacial score (nSPS) is 12.2. The minimum Gasteiger partial charge on any atom is -0.409 e. The van der Waals surface area contributed by atoms with E-state index in [9.17, 15) is 4.79 Å². The van der Waals surface area contributed by atoms with Gasteiger partial charge in [-0.05, 0) is 32.4 Å². The summed E-state index contributed by atoms with van der Waals surface area (Å²) >= 11 is 0. The molecule has 1 aromatic rings. The Bertz CT molecular complexity index is 469. The third-order valence-electron chi connectivity index (χ3n) is 3.33. The lowest BCUT2D eigenvalue weighted by Crippen LogP contribution is -2.48. The molecular weight excluding hydrogens is 254 g/mol. The Morgan fingerprint density at radius 1 is 1.35 bits per heavy atom. The van der Waals surface area contributed by atoms with Crippen molar-refractivity contribution < 1.29 is 10.0 Å². The van der Waals surface area contributed by atoms with E-state index in [1.165, 1.54) is 0 Å². The molecule has 0 aliphatic heterocycles. The van der Waals surface area contributed by atoms with Crippen molar-refractivity contribution in [3.05, 3.63) is 30.3 Å². The lowest BCUT2D eigenvalue weighted by atomic mass is 9.89. The van der Waals surface area contributed by atoms with Gasteiger partial charge in [0.1, 0.15) is 5.41 Å². The summed E-state index contributed by atoms with van der Waals surface area (Å²) < 4.78 is 0. The second-order valence-corrected chi connectivity index (χ2v) is 5.26. The number of oxime groups is 1. The zero-order valence-electron chi connectivity index (χ0n) is 12.3. The number of benzene rings is 1. The van der Waals surface area contributed by atoms with Crippen molar-refractivity contribution >= 4 is 17.4 Å². The topological polar surface area (TPSA) is 78.9 Å². The predicted octanol–water partition coefficient (Wildman–Crippen LogP) is 2.59. The van der Waals surface area contributed by atoms with E-state index < -0.39 is 5.41 Å². The molecule has 3 N–H and O–H groups in total. The third-order valence-corrected chi connectivity index (χ3v) is 3.33. The summed E-state index contributed by atoms with van der Waals surface area (Å²) in [5.41, 5.74) is 5.43. The van der Waals surface area contributed by atoms with Gasteiger partial charge in [-0.2, -0.15) is 0 Å². The van der Waals surface area contributed by atoms with Crippen molar-refractivity contribution in [3.63, 3.8) is 0 Å². The molecule has 20 heavy (non-hydrogen) atoms. The van der Waals surface area contributed by atoms with Gasteiger partial charge in [0.05, 0.1) is 0 Å². The number of anilines is 1. The van der Waals surface area contributed by atoms with E-state index in [1.54, 1.807) is 18.7 Å². The molecule has 1 rings (SSSR count). The number of amidine groups is 1. The van der Waals surface area contributed by atoms with Gasteiger partial charge in [0.2, 0.25) is 5.91 Å². The molecule has 5 heteroatoms. The summed E-state index contributed by atoms with van der Waals surface area (Å²) in [4.78, 5) is 14.4. The first kappa shape index (κ1) is 16.0. The van der Waals surface area contributed by atoms with Crippen molar-refractivity contribution in [2.45, 2.75) is 33.6 Å². The number of para-hydroxylation sites is 1. The molecule has 0 saturated heterocycles. The molecule has 5 nitrogen and oxygen atoms in total. The molecule has 0 fully saturated rings. The Balaban J connectivity index is 3.09. The minimum absolute atomic E-state index is 0.0834. The maximum Gasteiger partial charge on any atom is 0.240 e. The Labute approximate surface area is 120 Å². The number of carbonyl (C=O) groups is 1. The Kier molecular flexibility index (Phi) is 5.55. The van der Waals surface area contributed by atoms with E-state index >= 15 is 0 Å². The van der Waals surface area contributed by atoms with Crippen molar-refractivity contribution in [3.8, 4) is 0 Å². The first-order valence-corrected chi connectivity index (χ1v) is 6.80. The molecular formula is C15H23N3O2. The molecule has 1 aromatic carbocycles. The van der Waals surface area contributed by atoms with Gasteiger partial charge in [0.15, 0.2) is 5.84 Å². The van der Waals surface area contributed by atoms with Crippen LogP contribution >= 0.6 is 0 Å². The number of carbonyl (C=O) groups excluding carboxylic acids is 1. The van der Waals surface area contributed by atoms with E-state index in [1.807, 2.05) is 30.3 Å². The second kappa shape index (κ2) is 6.93. The maximum atomic E-state index is 12.7. The van der Waals surface area contributed by atoms with Gasteiger partial charge < -0.3 is 15.8 Å². The number of hydrogen-bond donors (Lipinski definition) is 2. The predicted molar refractivity (Wildman–Crippen MR) is 80.9 cm³/mol. The average molecular weight is 277 g/mol. The summed E-state index contributed by atoms with van der Waals surface area (Å²) in [6, 6.07) is 9.45. The van der Waals surface area contributed by atoms with Crippen LogP contribution in [0.5, 0.6) is 0 Å². The number of rotatable bonds is 6. The first-order valence-electron chi connectivity index (χ1n) is 6.80. The molecule has 0 spiro atoms. The highest BCUT2D eigenvalue weighted by Gasteiger charge is 2.36. The molecule has 0 saturated carbocycles. The van der Waals surface area contributed by atoms with Crippen LogP contribution in [0.1, 0.15) is 33.6 Å². The highest BCUT2D eigenvalue weighted by atomic mass is 16.4. The van der Waals surface area contributed by atoms with Crippen molar-refractivity contribution in [2.75, 3.05) is 11.4 Å². The summed E-state index contributed by atoms with van der Waals surface area (Å²) in [7, 11) is 0. The number of nitrogens with two attached hydrogens (primary N) is 1. The van der Waals surface area contributed by atoms with Gasteiger partial charge in [0.25, 0.3) is 0 Å². The second-order valence-electron chi connectivity index (χ2n) is 5.26. The zero-order chi connectivity index (χ0) is 15.2. The fraction of sp³-hybridized carbons (Fsp3) is 0.467. The molecule has 0 aliphatic carbocycles. The minimum atomic E-state index is -1.04. The van der Waals surface area contributed by atoms with Gasteiger partial charge in [-0.3, -0.25) is 4.79 Å². The number of hydrogen-bond acceptors (Lipinski definition) is 3. The quantitative estimate of drug-likeness (QED) is 0.363. The molecule has 0 unspecified atom stereocenters. The van der Waals surface area contributed by atoms with Crippen LogP contribution in [0.2, 0.25) is 0 Å². The van der Waals surface area contributed by atoms with Gasteiger partial charge in [0, 0.05) is 12.2 Å². The molecule has 1 amide bonds. The van der Waals surface area contributed by atoms with Crippen LogP contribution in [-0.2, 0) is 4.79 Å². The van der Waals surface area contributed by atoms with E-state index in [-0.39, 0.29) is 11.7 Å². The van der Waals surface area contributed by atoms with E-state index in [0.29, 0.717) is 6.54 Å². The average Bonchev–Trinajstić information content (AvgIpc) is 2.47. The van der Waals surface area contributed by atoms with E-state index in [0.717, 1.165) is 18.5 Å². The van der Waals surface area contributed by atoms with Crippen LogP contribution in [0.25, 0.3) is 0 Å². The van der Waals surface area contributed by atoms with E-state index in [2.05, 4.69) is 12.1 Å². The highest BCUT2D eigenvalue weighted by molar-refractivity contribution is 6.12. The number of amides is 1. The maximum absolute atomic E-state index is 12.7. The van der Waals surface area contributed by atoms with Gasteiger partial charge in [-0.15, -0.1) is 0 Å². The van der Waals surface area contributed by atoms with Crippen LogP contribution < -0.4 is 10.6 Å². The van der Waals surface area contributed by atoms with Crippen LogP contribution in [0.15, 0.2) is 35.5 Å². The van der Waals surface area contributed by atoms with Crippen LogP contribution in [-0.4, -0.2) is 23.5 Å². The van der Waals surface area contributed by atoms with Crippen molar-refractivity contribution in [1.82, 2.24) is 0 Å². The van der Waals surface area contributed by atoms with Gasteiger partial charge in [-0.1, -0.05) is 36.7 Å². The third kappa shape index (κ3) is 3.50. The molecule has 110 valence electrons. The summed E-state index contributed by atoms with van der Waals surface area (Å²) in [5.74, 6) is -0.257. The summed E-state index contributed by atoms with van der Waals surface area (Å²) in [6.07, 6.45) is 1.88. The largest absolute Gasteiger partial charge is 0.409 e. The van der Waals surface area contributed by atoms with Gasteiger partial charge in [-0.25, -0.2) is 0 Å². The first-order chi connectivity index (χ1) is 9.45. The smallest absolute Gasteiger partial charge is 0.240 e. The van der Waals surface area contributed by atoms with Crippen molar-refractivity contribution in [1.29, 1.82) is 0 Å². The Hall–Kier alpha value is -2.04. The van der Waals surface area contributed by atoms with Crippen LogP contribution in [0.3, 0.4) is 0 Å². The zero-order valence-corrected chi connectivity index (χ0v) is 12.3. The Morgan fingerprint density at radius 3 is 2.45 bits per heavy atom. The fourth-order valence-electron chi connectivity index (χ4n) is 1.84. The highest BCUT2D eigenvalue weighted by Crippen LogP contribution is 2.24. The monoisotopic (exact) mass is 277 g/mol. The molecule has 0 atom stereocenters. The summed E-state index contributed by atoms with van der Waals surface area (Å²) in [5, 5.41) is 11.8. The number of unbranched alkanes of at least 4 members (excludes halogenated alkanes) is 1. The number of nitrogens with zero attached hydrogens (tertiary/aromatic N) is 2. The fourth-order valence-corrected chi connectivity index (χ4v) is 1.84. The van der Waals surface area contributed by atoms with Gasteiger partial charge >= 0.3 is 0 Å². The van der Waals surface area contributed by atoms with E-state index in [4.69, 9.17) is 10.9 Å². The SMILES string of the molecule is CCCCN(C(=O)C(C)(C)C(N)=NO)c1ccccc1. The standard InChI is InChI=1S/C15H23N3O2/c1-4-5-11-18(12-9-7-6-8-10-12)14(19)15(2,3)13(16)17-20/h6-10,20H,4-5,11H2,1-3H3,(H2,16,17). The molecule has 0 bridgehead atoms. The Morgan fingerprint density at radius 2 is 1.95 bits per heavy atom. The lowest BCUT2D eigenvalue weighted by molar-refractivity contribution is -0.123. The summed E-state index contributed by atoms with van der Waals surface area (Å²) in [6.45, 7) is 6.00. The lowest BCUT2D eigenvalue weighted by Gasteiger charge is -2.31. The molecule has 0 radical (unpaired) electrons. The van der Waals surface area contributed by atoms with Crippen LogP contribution in [0.4, 0.5) is 5.69 Å². The van der Waals surface area contributed by atoms with Crippen LogP contribution in [0, 0.1) is 5.41 Å².